The summed E-state index contributed by atoms with van der Waals surface area (Å²) in [5.74, 6) is 0.742. The maximum Gasteiger partial charge on any atom is 0.251 e. The fourth-order valence-corrected chi connectivity index (χ4v) is 2.99. The van der Waals surface area contributed by atoms with Crippen LogP contribution in [0, 0.1) is 5.92 Å². The van der Waals surface area contributed by atoms with Crippen LogP contribution in [-0.4, -0.2) is 27.2 Å². The molecule has 0 atom stereocenters. The van der Waals surface area contributed by atoms with E-state index in [2.05, 4.69) is 21.6 Å². The minimum Gasteiger partial charge on any atom is -0.352 e. The van der Waals surface area contributed by atoms with Gasteiger partial charge < -0.3 is 5.32 Å². The Bertz CT molecular complexity index is 884. The average Bonchev–Trinajstić information content (AvgIpc) is 3.37. The lowest BCUT2D eigenvalue weighted by Gasteiger charge is -2.07. The normalized spacial score (nSPS) is 13.5. The van der Waals surface area contributed by atoms with E-state index in [1.807, 2.05) is 47.3 Å². The van der Waals surface area contributed by atoms with Crippen molar-refractivity contribution in [1.82, 2.24) is 20.1 Å². The maximum absolute atomic E-state index is 12.4. The number of amides is 1. The number of carbonyl (C=O) groups excluding carboxylic acids is 1. The number of nitrogens with zero attached hydrogens (tertiary/aromatic N) is 3. The van der Waals surface area contributed by atoms with Gasteiger partial charge in [-0.05, 0) is 60.6 Å². The van der Waals surface area contributed by atoms with E-state index < -0.39 is 0 Å². The van der Waals surface area contributed by atoms with E-state index in [9.17, 15) is 4.79 Å². The molecule has 4 rings (SSSR count). The summed E-state index contributed by atoms with van der Waals surface area (Å²) in [4.78, 5) is 16.4. The topological polar surface area (TPSA) is 59.8 Å². The van der Waals surface area contributed by atoms with Crippen LogP contribution in [0.1, 0.15) is 28.8 Å². The van der Waals surface area contributed by atoms with Crippen LogP contribution in [0.3, 0.4) is 0 Å². The number of hydrogen-bond acceptors (Lipinski definition) is 3. The van der Waals surface area contributed by atoms with E-state index in [1.165, 1.54) is 12.8 Å². The molecule has 1 aliphatic carbocycles. The van der Waals surface area contributed by atoms with Gasteiger partial charge in [0.25, 0.3) is 5.91 Å². The SMILES string of the molecule is O=C(NCCc1ccncc1)c1cccc(-c2cnn(CC3CC3)c2)c1. The molecular formula is C21H22N4O. The van der Waals surface area contributed by atoms with Crippen molar-refractivity contribution in [2.75, 3.05) is 6.54 Å². The van der Waals surface area contributed by atoms with Crippen LogP contribution in [0.2, 0.25) is 0 Å². The van der Waals surface area contributed by atoms with Gasteiger partial charge in [-0.15, -0.1) is 0 Å². The van der Waals surface area contributed by atoms with Gasteiger partial charge in [0.05, 0.1) is 6.20 Å². The van der Waals surface area contributed by atoms with Gasteiger partial charge in [0.2, 0.25) is 0 Å². The zero-order valence-electron chi connectivity index (χ0n) is 14.6. The summed E-state index contributed by atoms with van der Waals surface area (Å²) in [5.41, 5.74) is 3.91. The summed E-state index contributed by atoms with van der Waals surface area (Å²) in [6.07, 6.45) is 10.9. The molecule has 0 saturated heterocycles. The Morgan fingerprint density at radius 2 is 2.00 bits per heavy atom. The molecule has 5 heteroatoms. The first-order chi connectivity index (χ1) is 12.8. The van der Waals surface area contributed by atoms with Gasteiger partial charge in [-0.1, -0.05) is 12.1 Å². The monoisotopic (exact) mass is 346 g/mol. The molecule has 1 N–H and O–H groups in total. The Kier molecular flexibility index (Phi) is 4.78. The second-order valence-electron chi connectivity index (χ2n) is 6.84. The van der Waals surface area contributed by atoms with E-state index in [1.54, 1.807) is 12.4 Å². The van der Waals surface area contributed by atoms with Gasteiger partial charge in [0, 0.05) is 42.8 Å². The molecule has 2 heterocycles. The minimum absolute atomic E-state index is 0.0497. The molecule has 132 valence electrons. The molecule has 0 aliphatic heterocycles. The second-order valence-corrected chi connectivity index (χ2v) is 6.84. The van der Waals surface area contributed by atoms with E-state index >= 15 is 0 Å². The number of rotatable bonds is 7. The number of carbonyl (C=O) groups is 1. The summed E-state index contributed by atoms with van der Waals surface area (Å²) < 4.78 is 2.01. The van der Waals surface area contributed by atoms with Crippen molar-refractivity contribution >= 4 is 5.91 Å². The van der Waals surface area contributed by atoms with Crippen LogP contribution in [0.15, 0.2) is 61.2 Å². The fraction of sp³-hybridized carbons (Fsp3) is 0.286. The highest BCUT2D eigenvalue weighted by molar-refractivity contribution is 5.95. The lowest BCUT2D eigenvalue weighted by Crippen LogP contribution is -2.25. The van der Waals surface area contributed by atoms with Crippen LogP contribution in [0.5, 0.6) is 0 Å². The van der Waals surface area contributed by atoms with Crippen LogP contribution >= 0.6 is 0 Å². The van der Waals surface area contributed by atoms with Gasteiger partial charge in [-0.2, -0.15) is 5.10 Å². The van der Waals surface area contributed by atoms with E-state index in [0.29, 0.717) is 12.1 Å². The first kappa shape index (κ1) is 16.5. The summed E-state index contributed by atoms with van der Waals surface area (Å²) in [7, 11) is 0. The Balaban J connectivity index is 1.38. The summed E-state index contributed by atoms with van der Waals surface area (Å²) >= 11 is 0. The first-order valence-corrected chi connectivity index (χ1v) is 9.08. The standard InChI is InChI=1S/C21H22N4O/c26-21(23-11-8-16-6-9-22-10-7-16)19-3-1-2-18(12-19)20-13-24-25(15-20)14-17-4-5-17/h1-3,6-7,9-10,12-13,15,17H,4-5,8,11,14H2,(H,23,26). The van der Waals surface area contributed by atoms with Crippen molar-refractivity contribution < 1.29 is 4.79 Å². The van der Waals surface area contributed by atoms with Crippen LogP contribution in [-0.2, 0) is 13.0 Å². The first-order valence-electron chi connectivity index (χ1n) is 9.08. The predicted molar refractivity (Wildman–Crippen MR) is 101 cm³/mol. The molecule has 1 amide bonds. The van der Waals surface area contributed by atoms with Crippen molar-refractivity contribution in [3.05, 3.63) is 72.3 Å². The van der Waals surface area contributed by atoms with Crippen molar-refractivity contribution in [3.8, 4) is 11.1 Å². The molecule has 0 bridgehead atoms. The molecule has 1 aromatic carbocycles. The largest absolute Gasteiger partial charge is 0.352 e. The van der Waals surface area contributed by atoms with Crippen LogP contribution in [0.4, 0.5) is 0 Å². The van der Waals surface area contributed by atoms with Gasteiger partial charge in [0.15, 0.2) is 0 Å². The zero-order chi connectivity index (χ0) is 17.8. The molecular weight excluding hydrogens is 324 g/mol. The quantitative estimate of drug-likeness (QED) is 0.714. The van der Waals surface area contributed by atoms with Gasteiger partial charge in [-0.25, -0.2) is 0 Å². The molecule has 1 aliphatic rings. The van der Waals surface area contributed by atoms with Crippen molar-refractivity contribution in [1.29, 1.82) is 0 Å². The third-order valence-electron chi connectivity index (χ3n) is 4.68. The molecule has 0 radical (unpaired) electrons. The molecule has 1 saturated carbocycles. The van der Waals surface area contributed by atoms with Crippen LogP contribution in [0.25, 0.3) is 11.1 Å². The van der Waals surface area contributed by atoms with Crippen LogP contribution < -0.4 is 5.32 Å². The molecule has 0 spiro atoms. The Morgan fingerprint density at radius 1 is 1.15 bits per heavy atom. The van der Waals surface area contributed by atoms with Gasteiger partial charge >= 0.3 is 0 Å². The number of hydrogen-bond donors (Lipinski definition) is 1. The third kappa shape index (κ3) is 4.17. The number of benzene rings is 1. The van der Waals surface area contributed by atoms with Crippen molar-refractivity contribution in [2.24, 2.45) is 5.92 Å². The molecule has 3 aromatic rings. The van der Waals surface area contributed by atoms with E-state index in [-0.39, 0.29) is 5.91 Å². The third-order valence-corrected chi connectivity index (χ3v) is 4.68. The second kappa shape index (κ2) is 7.52. The lowest BCUT2D eigenvalue weighted by atomic mass is 10.1. The highest BCUT2D eigenvalue weighted by atomic mass is 16.1. The maximum atomic E-state index is 12.4. The minimum atomic E-state index is -0.0497. The van der Waals surface area contributed by atoms with E-state index in [0.717, 1.165) is 35.6 Å². The summed E-state index contributed by atoms with van der Waals surface area (Å²) in [6.45, 7) is 1.60. The molecule has 1 fully saturated rings. The average molecular weight is 346 g/mol. The van der Waals surface area contributed by atoms with Gasteiger partial charge in [0.1, 0.15) is 0 Å². The number of pyridine rings is 1. The summed E-state index contributed by atoms with van der Waals surface area (Å²) in [5, 5.41) is 7.43. The lowest BCUT2D eigenvalue weighted by molar-refractivity contribution is 0.0954. The zero-order valence-corrected chi connectivity index (χ0v) is 14.6. The number of aromatic nitrogens is 3. The van der Waals surface area contributed by atoms with Gasteiger partial charge in [-0.3, -0.25) is 14.5 Å². The highest BCUT2D eigenvalue weighted by Gasteiger charge is 2.22. The van der Waals surface area contributed by atoms with Crippen molar-refractivity contribution in [3.63, 3.8) is 0 Å². The smallest absolute Gasteiger partial charge is 0.251 e. The predicted octanol–water partition coefficient (Wildman–Crippen LogP) is 3.33. The Labute approximate surface area is 153 Å². The number of nitrogens with one attached hydrogen (secondary N) is 1. The fourth-order valence-electron chi connectivity index (χ4n) is 2.99. The molecule has 0 unspecified atom stereocenters. The highest BCUT2D eigenvalue weighted by Crippen LogP contribution is 2.31. The molecule has 26 heavy (non-hydrogen) atoms. The van der Waals surface area contributed by atoms with E-state index in [4.69, 9.17) is 0 Å². The molecule has 2 aromatic heterocycles. The Morgan fingerprint density at radius 3 is 2.81 bits per heavy atom. The molecule has 5 nitrogen and oxygen atoms in total. The Hall–Kier alpha value is -2.95. The van der Waals surface area contributed by atoms with Crippen molar-refractivity contribution in [2.45, 2.75) is 25.8 Å². The summed E-state index contributed by atoms with van der Waals surface area (Å²) in [6, 6.07) is 11.6.